The molecule has 0 aromatic heterocycles. The number of aryl methyl sites for hydroxylation is 1. The van der Waals surface area contributed by atoms with E-state index in [1.807, 2.05) is 18.2 Å². The molecule has 4 rings (SSSR count). The van der Waals surface area contributed by atoms with Crippen LogP contribution in [0.2, 0.25) is 5.02 Å². The van der Waals surface area contributed by atoms with Crippen molar-refractivity contribution in [1.82, 2.24) is 4.90 Å². The molecule has 0 spiro atoms. The summed E-state index contributed by atoms with van der Waals surface area (Å²) in [6.07, 6.45) is 2.31. The van der Waals surface area contributed by atoms with Crippen LogP contribution in [0.5, 0.6) is 5.75 Å². The Morgan fingerprint density at radius 2 is 2.00 bits per heavy atom. The van der Waals surface area contributed by atoms with Crippen molar-refractivity contribution >= 4 is 27.5 Å². The van der Waals surface area contributed by atoms with Crippen LogP contribution in [0.1, 0.15) is 43.0 Å². The summed E-state index contributed by atoms with van der Waals surface area (Å²) in [4.78, 5) is 2.56. The zero-order chi connectivity index (χ0) is 16.9. The van der Waals surface area contributed by atoms with Gasteiger partial charge in [0.1, 0.15) is 11.4 Å². The molecule has 0 saturated carbocycles. The molecule has 0 bridgehead atoms. The largest absolute Gasteiger partial charge is 0.486 e. The summed E-state index contributed by atoms with van der Waals surface area (Å²) < 4.78 is 7.45. The minimum atomic E-state index is -0.228. The average molecular weight is 407 g/mol. The number of fused-ring (bicyclic) bond motifs is 2. The normalized spacial score (nSPS) is 22.4. The minimum absolute atomic E-state index is 0.228. The number of rotatable bonds is 1. The van der Waals surface area contributed by atoms with Gasteiger partial charge in [-0.1, -0.05) is 33.6 Å². The summed E-state index contributed by atoms with van der Waals surface area (Å²) in [5.41, 5.74) is 3.87. The van der Waals surface area contributed by atoms with Gasteiger partial charge in [0, 0.05) is 34.2 Å². The van der Waals surface area contributed by atoms with Crippen molar-refractivity contribution in [1.29, 1.82) is 0 Å². The first kappa shape index (κ1) is 16.4. The third-order valence-corrected chi connectivity index (χ3v) is 5.69. The van der Waals surface area contributed by atoms with Gasteiger partial charge in [0.25, 0.3) is 0 Å². The van der Waals surface area contributed by atoms with Gasteiger partial charge < -0.3 is 4.74 Å². The molecule has 1 aliphatic heterocycles. The first-order valence-electron chi connectivity index (χ1n) is 8.41. The second-order valence-corrected chi connectivity index (χ2v) is 8.77. The van der Waals surface area contributed by atoms with Crippen molar-refractivity contribution in [2.75, 3.05) is 6.54 Å². The Kier molecular flexibility index (Phi) is 4.14. The summed E-state index contributed by atoms with van der Waals surface area (Å²) in [6, 6.07) is 13.1. The Morgan fingerprint density at radius 1 is 1.17 bits per heavy atom. The number of hydrogen-bond donors (Lipinski definition) is 0. The van der Waals surface area contributed by atoms with Gasteiger partial charge >= 0.3 is 0 Å². The van der Waals surface area contributed by atoms with E-state index in [1.54, 1.807) is 0 Å². The van der Waals surface area contributed by atoms with Gasteiger partial charge in [-0.3, -0.25) is 4.90 Å². The molecular formula is C20H21BrClNO. The Hall–Kier alpha value is -1.03. The summed E-state index contributed by atoms with van der Waals surface area (Å²) >= 11 is 9.86. The maximum atomic E-state index is 6.29. The molecule has 1 atom stereocenters. The van der Waals surface area contributed by atoms with Crippen LogP contribution >= 0.6 is 27.5 Å². The summed E-state index contributed by atoms with van der Waals surface area (Å²) in [7, 11) is 0. The van der Waals surface area contributed by atoms with Crippen molar-refractivity contribution in [3.8, 4) is 5.75 Å². The molecular weight excluding hydrogens is 386 g/mol. The number of hydrogen-bond acceptors (Lipinski definition) is 2. The first-order valence-corrected chi connectivity index (χ1v) is 9.58. The number of halogens is 2. The van der Waals surface area contributed by atoms with Gasteiger partial charge in [-0.05, 0) is 68.1 Å². The van der Waals surface area contributed by atoms with Gasteiger partial charge in [-0.15, -0.1) is 0 Å². The van der Waals surface area contributed by atoms with Crippen LogP contribution < -0.4 is 4.74 Å². The van der Waals surface area contributed by atoms with Gasteiger partial charge in [-0.25, -0.2) is 0 Å². The SMILES string of the molecule is CC1(C)CN(C2CCc3ccc(Br)cc32)Cc2cc(Cl)ccc2O1. The highest BCUT2D eigenvalue weighted by Crippen LogP contribution is 2.41. The molecule has 0 fully saturated rings. The molecule has 4 heteroatoms. The number of benzene rings is 2. The lowest BCUT2D eigenvalue weighted by Crippen LogP contribution is -2.41. The van der Waals surface area contributed by atoms with E-state index in [-0.39, 0.29) is 5.60 Å². The predicted octanol–water partition coefficient (Wildman–Crippen LogP) is 5.76. The molecule has 2 nitrogen and oxygen atoms in total. The maximum Gasteiger partial charge on any atom is 0.124 e. The Balaban J connectivity index is 1.73. The second kappa shape index (κ2) is 6.05. The lowest BCUT2D eigenvalue weighted by molar-refractivity contribution is 0.0521. The topological polar surface area (TPSA) is 12.5 Å². The number of nitrogens with zero attached hydrogens (tertiary/aromatic N) is 1. The summed E-state index contributed by atoms with van der Waals surface area (Å²) in [5.74, 6) is 0.958. The quantitative estimate of drug-likeness (QED) is 0.596. The van der Waals surface area contributed by atoms with E-state index >= 15 is 0 Å². The van der Waals surface area contributed by atoms with Crippen molar-refractivity contribution in [2.24, 2.45) is 0 Å². The van der Waals surface area contributed by atoms with Crippen molar-refractivity contribution in [3.05, 3.63) is 62.6 Å². The molecule has 126 valence electrons. The van der Waals surface area contributed by atoms with E-state index in [4.69, 9.17) is 16.3 Å². The predicted molar refractivity (Wildman–Crippen MR) is 102 cm³/mol. The highest BCUT2D eigenvalue weighted by molar-refractivity contribution is 9.10. The lowest BCUT2D eigenvalue weighted by atomic mass is 10.0. The van der Waals surface area contributed by atoms with Crippen molar-refractivity contribution in [3.63, 3.8) is 0 Å². The Bertz CT molecular complexity index is 789. The smallest absolute Gasteiger partial charge is 0.124 e. The van der Waals surface area contributed by atoms with Gasteiger partial charge in [0.2, 0.25) is 0 Å². The molecule has 0 N–H and O–H groups in total. The van der Waals surface area contributed by atoms with Gasteiger partial charge in [0.05, 0.1) is 0 Å². The number of ether oxygens (including phenoxy) is 1. The molecule has 1 heterocycles. The van der Waals surface area contributed by atoms with Crippen LogP contribution in [0.25, 0.3) is 0 Å². The summed E-state index contributed by atoms with van der Waals surface area (Å²) in [5, 5.41) is 0.770. The molecule has 2 aromatic rings. The van der Waals surface area contributed by atoms with E-state index in [1.165, 1.54) is 16.7 Å². The average Bonchev–Trinajstić information content (AvgIpc) is 2.86. The molecule has 2 aromatic carbocycles. The van der Waals surface area contributed by atoms with Crippen LogP contribution in [0.15, 0.2) is 40.9 Å². The van der Waals surface area contributed by atoms with Crippen LogP contribution in [0.3, 0.4) is 0 Å². The molecule has 0 saturated heterocycles. The minimum Gasteiger partial charge on any atom is -0.486 e. The second-order valence-electron chi connectivity index (χ2n) is 7.42. The summed E-state index contributed by atoms with van der Waals surface area (Å²) in [6.45, 7) is 6.10. The van der Waals surface area contributed by atoms with Gasteiger partial charge in [-0.2, -0.15) is 0 Å². The van der Waals surface area contributed by atoms with Crippen LogP contribution in [0.4, 0.5) is 0 Å². The first-order chi connectivity index (χ1) is 11.4. The van der Waals surface area contributed by atoms with E-state index in [2.05, 4.69) is 52.9 Å². The Morgan fingerprint density at radius 3 is 2.83 bits per heavy atom. The lowest BCUT2D eigenvalue weighted by Gasteiger charge is -2.33. The maximum absolute atomic E-state index is 6.29. The third kappa shape index (κ3) is 3.10. The van der Waals surface area contributed by atoms with E-state index in [0.29, 0.717) is 6.04 Å². The van der Waals surface area contributed by atoms with Crippen LogP contribution in [0, 0.1) is 0 Å². The van der Waals surface area contributed by atoms with E-state index < -0.39 is 0 Å². The highest BCUT2D eigenvalue weighted by Gasteiger charge is 2.35. The molecule has 24 heavy (non-hydrogen) atoms. The zero-order valence-electron chi connectivity index (χ0n) is 14.0. The molecule has 1 unspecified atom stereocenters. The fraction of sp³-hybridized carbons (Fsp3) is 0.400. The van der Waals surface area contributed by atoms with Crippen molar-refractivity contribution in [2.45, 2.75) is 44.9 Å². The fourth-order valence-electron chi connectivity index (χ4n) is 4.02. The Labute approximate surface area is 156 Å². The van der Waals surface area contributed by atoms with Crippen molar-refractivity contribution < 1.29 is 4.74 Å². The molecule has 0 amide bonds. The molecule has 1 aliphatic carbocycles. The van der Waals surface area contributed by atoms with Crippen LogP contribution in [-0.4, -0.2) is 17.0 Å². The molecule has 2 aliphatic rings. The fourth-order valence-corrected chi connectivity index (χ4v) is 4.59. The van der Waals surface area contributed by atoms with Gasteiger partial charge in [0.15, 0.2) is 0 Å². The zero-order valence-corrected chi connectivity index (χ0v) is 16.3. The standard InChI is InChI=1S/C20H21BrClNO/c1-20(2)12-23(11-14-9-16(22)6-8-19(14)24-20)18-7-4-13-3-5-15(21)10-17(13)18/h3,5-6,8-10,18H,4,7,11-12H2,1-2H3. The molecule has 0 radical (unpaired) electrons. The van der Waals surface area contributed by atoms with E-state index in [9.17, 15) is 0 Å². The third-order valence-electron chi connectivity index (χ3n) is 4.96. The van der Waals surface area contributed by atoms with Crippen LogP contribution in [-0.2, 0) is 13.0 Å². The monoisotopic (exact) mass is 405 g/mol. The highest BCUT2D eigenvalue weighted by atomic mass is 79.9. The van der Waals surface area contributed by atoms with E-state index in [0.717, 1.165) is 41.2 Å².